The van der Waals surface area contributed by atoms with Crippen LogP contribution >= 0.6 is 0 Å². The van der Waals surface area contributed by atoms with Gasteiger partial charge in [0.2, 0.25) is 11.7 Å². The van der Waals surface area contributed by atoms with E-state index in [0.717, 1.165) is 18.4 Å². The van der Waals surface area contributed by atoms with Gasteiger partial charge in [-0.25, -0.2) is 4.79 Å². The molecule has 2 aromatic rings. The maximum atomic E-state index is 10.8. The Morgan fingerprint density at radius 1 is 1.15 bits per heavy atom. The van der Waals surface area contributed by atoms with E-state index >= 15 is 0 Å². The van der Waals surface area contributed by atoms with E-state index in [1.165, 1.54) is 19.3 Å². The molecule has 0 aliphatic heterocycles. The van der Waals surface area contributed by atoms with Crippen LogP contribution in [0, 0.1) is 0 Å². The summed E-state index contributed by atoms with van der Waals surface area (Å²) < 4.78 is 5.36. The molecule has 1 fully saturated rings. The molecule has 3 rings (SSSR count). The minimum Gasteiger partial charge on any atom is -0.478 e. The third-order valence-electron chi connectivity index (χ3n) is 3.79. The molecule has 5 nitrogen and oxygen atoms in total. The predicted octanol–water partition coefficient (Wildman–Crippen LogP) is 3.48. The summed E-state index contributed by atoms with van der Waals surface area (Å²) in [6.45, 7) is 0. The predicted molar refractivity (Wildman–Crippen MR) is 72.5 cm³/mol. The lowest BCUT2D eigenvalue weighted by molar-refractivity contribution is 0.0697. The number of hydrogen-bond acceptors (Lipinski definition) is 4. The lowest BCUT2D eigenvalue weighted by Crippen LogP contribution is -2.04. The maximum absolute atomic E-state index is 10.8. The molecule has 0 bridgehead atoms. The van der Waals surface area contributed by atoms with Crippen LogP contribution in [0.3, 0.4) is 0 Å². The zero-order valence-corrected chi connectivity index (χ0v) is 11.1. The smallest absolute Gasteiger partial charge is 0.335 e. The van der Waals surface area contributed by atoms with E-state index in [-0.39, 0.29) is 5.56 Å². The molecule has 5 heteroatoms. The van der Waals surface area contributed by atoms with Crippen LogP contribution in [0.2, 0.25) is 0 Å². The Hall–Kier alpha value is -2.17. The summed E-state index contributed by atoms with van der Waals surface area (Å²) in [5.74, 6) is 0.681. The SMILES string of the molecule is O=C(O)c1ccc(-c2noc(C3CCCCC3)n2)cc1. The van der Waals surface area contributed by atoms with Gasteiger partial charge in [0.25, 0.3) is 0 Å². The van der Waals surface area contributed by atoms with Gasteiger partial charge in [-0.1, -0.05) is 36.6 Å². The topological polar surface area (TPSA) is 76.2 Å². The van der Waals surface area contributed by atoms with E-state index in [4.69, 9.17) is 9.63 Å². The highest BCUT2D eigenvalue weighted by atomic mass is 16.5. The van der Waals surface area contributed by atoms with Gasteiger partial charge >= 0.3 is 5.97 Å². The molecule has 1 aliphatic carbocycles. The Kier molecular flexibility index (Phi) is 3.50. The molecule has 20 heavy (non-hydrogen) atoms. The molecule has 1 N–H and O–H groups in total. The van der Waals surface area contributed by atoms with E-state index in [0.29, 0.717) is 17.6 Å². The van der Waals surface area contributed by atoms with Gasteiger partial charge in [0.15, 0.2) is 0 Å². The summed E-state index contributed by atoms with van der Waals surface area (Å²) in [6, 6.07) is 6.51. The molecule has 0 unspecified atom stereocenters. The zero-order valence-electron chi connectivity index (χ0n) is 11.1. The van der Waals surface area contributed by atoms with Crippen molar-refractivity contribution in [3.8, 4) is 11.4 Å². The van der Waals surface area contributed by atoms with Gasteiger partial charge in [0, 0.05) is 11.5 Å². The van der Waals surface area contributed by atoms with Crippen molar-refractivity contribution in [1.29, 1.82) is 0 Å². The monoisotopic (exact) mass is 272 g/mol. The molecule has 0 amide bonds. The second kappa shape index (κ2) is 5.45. The molecule has 0 spiro atoms. The molecule has 1 heterocycles. The number of carboxylic acids is 1. The number of nitrogens with zero attached hydrogens (tertiary/aromatic N) is 2. The summed E-state index contributed by atoms with van der Waals surface area (Å²) in [6.07, 6.45) is 5.94. The molecule has 0 saturated heterocycles. The third-order valence-corrected chi connectivity index (χ3v) is 3.79. The van der Waals surface area contributed by atoms with Crippen molar-refractivity contribution in [2.45, 2.75) is 38.0 Å². The first-order chi connectivity index (χ1) is 9.74. The molecule has 104 valence electrons. The second-order valence-corrected chi connectivity index (χ2v) is 5.17. The van der Waals surface area contributed by atoms with Crippen LogP contribution in [-0.2, 0) is 0 Å². The fourth-order valence-electron chi connectivity index (χ4n) is 2.63. The second-order valence-electron chi connectivity index (χ2n) is 5.17. The normalized spacial score (nSPS) is 16.2. The van der Waals surface area contributed by atoms with Gasteiger partial charge in [-0.15, -0.1) is 0 Å². The van der Waals surface area contributed by atoms with Gasteiger partial charge in [-0.2, -0.15) is 4.98 Å². The first-order valence-corrected chi connectivity index (χ1v) is 6.91. The van der Waals surface area contributed by atoms with Crippen LogP contribution in [0.4, 0.5) is 0 Å². The van der Waals surface area contributed by atoms with Crippen molar-refractivity contribution in [2.75, 3.05) is 0 Å². The molecule has 1 aliphatic rings. The first-order valence-electron chi connectivity index (χ1n) is 6.91. The Morgan fingerprint density at radius 3 is 2.50 bits per heavy atom. The number of hydrogen-bond donors (Lipinski definition) is 1. The van der Waals surface area contributed by atoms with Gasteiger partial charge in [-0.3, -0.25) is 0 Å². The maximum Gasteiger partial charge on any atom is 0.335 e. The van der Waals surface area contributed by atoms with E-state index in [9.17, 15) is 4.79 Å². The Labute approximate surface area is 116 Å². The Bertz CT molecular complexity index is 598. The van der Waals surface area contributed by atoms with E-state index < -0.39 is 5.97 Å². The molecule has 1 saturated carbocycles. The number of aromatic nitrogens is 2. The summed E-state index contributed by atoms with van der Waals surface area (Å²) in [5, 5.41) is 12.9. The number of carboxylic acid groups (broad SMARTS) is 1. The van der Waals surface area contributed by atoms with Crippen LogP contribution in [0.5, 0.6) is 0 Å². The first kappa shape index (κ1) is 12.8. The molecule has 0 atom stereocenters. The Balaban J connectivity index is 1.80. The molecule has 1 aromatic carbocycles. The quantitative estimate of drug-likeness (QED) is 0.925. The van der Waals surface area contributed by atoms with Crippen molar-refractivity contribution < 1.29 is 14.4 Å². The van der Waals surface area contributed by atoms with E-state index in [1.807, 2.05) is 0 Å². The van der Waals surface area contributed by atoms with Crippen molar-refractivity contribution in [3.63, 3.8) is 0 Å². The number of rotatable bonds is 3. The van der Waals surface area contributed by atoms with Crippen molar-refractivity contribution >= 4 is 5.97 Å². The van der Waals surface area contributed by atoms with Crippen molar-refractivity contribution in [3.05, 3.63) is 35.7 Å². The van der Waals surface area contributed by atoms with Gasteiger partial charge < -0.3 is 9.63 Å². The van der Waals surface area contributed by atoms with E-state index in [2.05, 4.69) is 10.1 Å². The average molecular weight is 272 g/mol. The standard InChI is InChI=1S/C15H16N2O3/c18-15(19)12-8-6-10(7-9-12)13-16-14(20-17-13)11-4-2-1-3-5-11/h6-9,11H,1-5H2,(H,18,19). The van der Waals surface area contributed by atoms with Crippen LogP contribution in [0.15, 0.2) is 28.8 Å². The molecular weight excluding hydrogens is 256 g/mol. The molecular formula is C15H16N2O3. The fraction of sp³-hybridized carbons (Fsp3) is 0.400. The van der Waals surface area contributed by atoms with Crippen LogP contribution in [-0.4, -0.2) is 21.2 Å². The summed E-state index contributed by atoms with van der Waals surface area (Å²) in [4.78, 5) is 15.3. The van der Waals surface area contributed by atoms with Crippen molar-refractivity contribution in [2.24, 2.45) is 0 Å². The highest BCUT2D eigenvalue weighted by Gasteiger charge is 2.21. The number of carbonyl (C=O) groups is 1. The highest BCUT2D eigenvalue weighted by Crippen LogP contribution is 2.32. The Morgan fingerprint density at radius 2 is 1.85 bits per heavy atom. The summed E-state index contributed by atoms with van der Waals surface area (Å²) >= 11 is 0. The summed E-state index contributed by atoms with van der Waals surface area (Å²) in [5.41, 5.74) is 1.03. The molecule has 1 aromatic heterocycles. The van der Waals surface area contributed by atoms with Gasteiger partial charge in [0.1, 0.15) is 0 Å². The highest BCUT2D eigenvalue weighted by molar-refractivity contribution is 5.88. The minimum absolute atomic E-state index is 0.254. The van der Waals surface area contributed by atoms with Crippen LogP contribution < -0.4 is 0 Å². The lowest BCUT2D eigenvalue weighted by atomic mass is 9.89. The lowest BCUT2D eigenvalue weighted by Gasteiger charge is -2.17. The zero-order chi connectivity index (χ0) is 13.9. The molecule has 0 radical (unpaired) electrons. The van der Waals surface area contributed by atoms with Gasteiger partial charge in [-0.05, 0) is 25.0 Å². The number of benzene rings is 1. The van der Waals surface area contributed by atoms with Gasteiger partial charge in [0.05, 0.1) is 5.56 Å². The number of aromatic carboxylic acids is 1. The van der Waals surface area contributed by atoms with Crippen LogP contribution in [0.25, 0.3) is 11.4 Å². The third kappa shape index (κ3) is 2.57. The summed E-state index contributed by atoms with van der Waals surface area (Å²) in [7, 11) is 0. The average Bonchev–Trinajstić information content (AvgIpc) is 2.98. The van der Waals surface area contributed by atoms with E-state index in [1.54, 1.807) is 24.3 Å². The van der Waals surface area contributed by atoms with Crippen LogP contribution in [0.1, 0.15) is 54.3 Å². The van der Waals surface area contributed by atoms with Crippen molar-refractivity contribution in [1.82, 2.24) is 10.1 Å². The fourth-order valence-corrected chi connectivity index (χ4v) is 2.63. The minimum atomic E-state index is -0.937. The largest absolute Gasteiger partial charge is 0.478 e.